The topological polar surface area (TPSA) is 104 Å². The molecule has 0 radical (unpaired) electrons. The molecule has 1 amide bonds. The molecule has 29 heavy (non-hydrogen) atoms. The summed E-state index contributed by atoms with van der Waals surface area (Å²) in [5.74, 6) is 0.614. The van der Waals surface area contributed by atoms with Crippen molar-refractivity contribution in [3.63, 3.8) is 0 Å². The molecule has 0 atom stereocenters. The van der Waals surface area contributed by atoms with Crippen LogP contribution in [0, 0.1) is 6.92 Å². The lowest BCUT2D eigenvalue weighted by Crippen LogP contribution is -2.33. The Morgan fingerprint density at radius 3 is 2.69 bits per heavy atom. The van der Waals surface area contributed by atoms with Crippen molar-refractivity contribution in [2.45, 2.75) is 32.6 Å². The highest BCUT2D eigenvalue weighted by molar-refractivity contribution is 6.04. The molecule has 4 rings (SSSR count). The lowest BCUT2D eigenvalue weighted by Gasteiger charge is -2.23. The van der Waals surface area contributed by atoms with Crippen LogP contribution in [0.5, 0.6) is 5.75 Å². The number of pyridine rings is 1. The number of fused-ring (bicyclic) bond motifs is 1. The lowest BCUT2D eigenvalue weighted by molar-refractivity contribution is -0.131. The van der Waals surface area contributed by atoms with E-state index in [1.165, 1.54) is 9.58 Å². The average Bonchev–Trinajstić information content (AvgIpc) is 3.17. The third-order valence-electron chi connectivity index (χ3n) is 5.26. The van der Waals surface area contributed by atoms with Crippen LogP contribution in [0.25, 0.3) is 11.2 Å². The van der Waals surface area contributed by atoms with Crippen molar-refractivity contribution in [1.82, 2.24) is 19.5 Å². The minimum atomic E-state index is -0.269. The van der Waals surface area contributed by atoms with Crippen LogP contribution in [0.1, 0.15) is 36.2 Å². The predicted molar refractivity (Wildman–Crippen MR) is 110 cm³/mol. The van der Waals surface area contributed by atoms with Gasteiger partial charge >= 0.3 is 0 Å². The number of rotatable bonds is 5. The van der Waals surface area contributed by atoms with Gasteiger partial charge < -0.3 is 10.1 Å². The van der Waals surface area contributed by atoms with Crippen molar-refractivity contribution in [1.29, 1.82) is 0 Å². The zero-order valence-corrected chi connectivity index (χ0v) is 16.5. The summed E-state index contributed by atoms with van der Waals surface area (Å²) in [6.07, 6.45) is 2.33. The Balaban J connectivity index is 1.48. The van der Waals surface area contributed by atoms with E-state index in [1.54, 1.807) is 14.0 Å². The van der Waals surface area contributed by atoms with Crippen LogP contribution in [0.2, 0.25) is 0 Å². The second-order valence-corrected chi connectivity index (χ2v) is 7.25. The van der Waals surface area contributed by atoms with Crippen molar-refractivity contribution in [3.05, 3.63) is 57.6 Å². The summed E-state index contributed by atoms with van der Waals surface area (Å²) in [5.41, 5.74) is 2.86. The van der Waals surface area contributed by atoms with Gasteiger partial charge in [-0.2, -0.15) is 5.10 Å². The van der Waals surface area contributed by atoms with Crippen molar-refractivity contribution >= 4 is 22.8 Å². The van der Waals surface area contributed by atoms with E-state index >= 15 is 0 Å². The summed E-state index contributed by atoms with van der Waals surface area (Å²) in [6.45, 7) is 2.07. The van der Waals surface area contributed by atoms with E-state index in [1.807, 2.05) is 30.3 Å². The number of H-pyrrole nitrogens is 1. The monoisotopic (exact) mass is 393 g/mol. The highest BCUT2D eigenvalue weighted by Crippen LogP contribution is 2.24. The number of benzene rings is 1. The van der Waals surface area contributed by atoms with E-state index in [-0.39, 0.29) is 22.8 Å². The number of aromatic amines is 1. The van der Waals surface area contributed by atoms with Crippen LogP contribution in [0.15, 0.2) is 40.2 Å². The summed E-state index contributed by atoms with van der Waals surface area (Å²) < 4.78 is 1.43. The minimum Gasteiger partial charge on any atom is -0.505 e. The fourth-order valence-electron chi connectivity index (χ4n) is 3.58. The number of hydrogen-bond donors (Lipinski definition) is 2. The van der Waals surface area contributed by atoms with Crippen molar-refractivity contribution in [2.24, 2.45) is 12.1 Å². The molecule has 0 saturated heterocycles. The SMILES string of the molecule is Cc1c(O)c2[nH]c(CCCN3N=C(c4ccccc4)CCC3=O)nc2n(C)c1=O. The van der Waals surface area contributed by atoms with E-state index in [0.29, 0.717) is 49.2 Å². The van der Waals surface area contributed by atoms with Gasteiger partial charge in [-0.25, -0.2) is 9.99 Å². The molecule has 0 aliphatic carbocycles. The highest BCUT2D eigenvalue weighted by atomic mass is 16.3. The van der Waals surface area contributed by atoms with E-state index in [2.05, 4.69) is 15.1 Å². The summed E-state index contributed by atoms with van der Waals surface area (Å²) in [4.78, 5) is 31.9. The third-order valence-corrected chi connectivity index (χ3v) is 5.26. The number of aromatic hydroxyl groups is 1. The van der Waals surface area contributed by atoms with Gasteiger partial charge in [0, 0.05) is 32.9 Å². The second kappa shape index (κ2) is 7.54. The predicted octanol–water partition coefficient (Wildman–Crippen LogP) is 2.23. The molecule has 0 fully saturated rings. The molecule has 1 aromatic carbocycles. The summed E-state index contributed by atoms with van der Waals surface area (Å²) in [6, 6.07) is 9.88. The maximum absolute atomic E-state index is 12.2. The Morgan fingerprint density at radius 2 is 1.93 bits per heavy atom. The van der Waals surface area contributed by atoms with Gasteiger partial charge in [-0.3, -0.25) is 14.2 Å². The Labute approximate surface area is 167 Å². The number of hydrazone groups is 1. The fraction of sp³-hybridized carbons (Fsp3) is 0.333. The van der Waals surface area contributed by atoms with Gasteiger partial charge in [0.05, 0.1) is 11.3 Å². The van der Waals surface area contributed by atoms with Crippen LogP contribution in [0.3, 0.4) is 0 Å². The molecule has 1 aliphatic heterocycles. The Morgan fingerprint density at radius 1 is 1.17 bits per heavy atom. The van der Waals surface area contributed by atoms with Crippen molar-refractivity contribution in [3.8, 4) is 5.75 Å². The number of carbonyl (C=O) groups is 1. The number of nitrogens with one attached hydrogen (secondary N) is 1. The number of aromatic nitrogens is 3. The number of nitrogens with zero attached hydrogens (tertiary/aromatic N) is 4. The van der Waals surface area contributed by atoms with Crippen LogP contribution in [0.4, 0.5) is 0 Å². The molecule has 1 aliphatic rings. The molecule has 0 bridgehead atoms. The number of imidazole rings is 1. The number of hydrogen-bond acceptors (Lipinski definition) is 5. The third kappa shape index (κ3) is 3.53. The number of aryl methyl sites for hydroxylation is 2. The maximum atomic E-state index is 12.2. The first-order valence-corrected chi connectivity index (χ1v) is 9.66. The quantitative estimate of drug-likeness (QED) is 0.694. The largest absolute Gasteiger partial charge is 0.505 e. The number of carbonyl (C=O) groups excluding carboxylic acids is 1. The molecule has 3 aromatic rings. The van der Waals surface area contributed by atoms with Gasteiger partial charge in [0.15, 0.2) is 11.4 Å². The Hall–Kier alpha value is -3.42. The zero-order valence-electron chi connectivity index (χ0n) is 16.5. The van der Waals surface area contributed by atoms with Crippen molar-refractivity contribution in [2.75, 3.05) is 6.54 Å². The molecule has 0 saturated carbocycles. The normalized spacial score (nSPS) is 14.5. The fourth-order valence-corrected chi connectivity index (χ4v) is 3.58. The van der Waals surface area contributed by atoms with Gasteiger partial charge in [0.1, 0.15) is 11.3 Å². The molecular weight excluding hydrogens is 370 g/mol. The molecule has 2 N–H and O–H groups in total. The highest BCUT2D eigenvalue weighted by Gasteiger charge is 2.21. The first-order chi connectivity index (χ1) is 14.0. The lowest BCUT2D eigenvalue weighted by atomic mass is 10.0. The minimum absolute atomic E-state index is 0.0185. The van der Waals surface area contributed by atoms with E-state index in [9.17, 15) is 14.7 Å². The molecule has 150 valence electrons. The maximum Gasteiger partial charge on any atom is 0.258 e. The van der Waals surface area contributed by atoms with Crippen LogP contribution >= 0.6 is 0 Å². The standard InChI is InChI=1S/C21H23N5O3/c1-13-19(28)18-20(25(2)21(13)29)23-16(22-18)9-6-12-26-17(27)11-10-15(24-26)14-7-4-3-5-8-14/h3-5,7-8,28H,6,9-12H2,1-2H3,(H,22,23). The van der Waals surface area contributed by atoms with Gasteiger partial charge in [-0.1, -0.05) is 30.3 Å². The van der Waals surface area contributed by atoms with Crippen LogP contribution in [-0.4, -0.2) is 42.8 Å². The Kier molecular flexibility index (Phi) is 4.92. The molecular formula is C21H23N5O3. The molecule has 0 unspecified atom stereocenters. The molecule has 0 spiro atoms. The van der Waals surface area contributed by atoms with E-state index < -0.39 is 0 Å². The van der Waals surface area contributed by atoms with E-state index in [0.717, 1.165) is 11.3 Å². The summed E-state index contributed by atoms with van der Waals surface area (Å²) in [7, 11) is 1.63. The van der Waals surface area contributed by atoms with Gasteiger partial charge in [-0.05, 0) is 18.9 Å². The molecule has 8 nitrogen and oxygen atoms in total. The smallest absolute Gasteiger partial charge is 0.258 e. The van der Waals surface area contributed by atoms with Gasteiger partial charge in [0.25, 0.3) is 5.56 Å². The zero-order chi connectivity index (χ0) is 20.5. The van der Waals surface area contributed by atoms with Crippen molar-refractivity contribution < 1.29 is 9.90 Å². The Bertz CT molecular complexity index is 1160. The van der Waals surface area contributed by atoms with Crippen LogP contribution in [-0.2, 0) is 18.3 Å². The second-order valence-electron chi connectivity index (χ2n) is 7.25. The summed E-state index contributed by atoms with van der Waals surface area (Å²) in [5, 5.41) is 16.3. The summed E-state index contributed by atoms with van der Waals surface area (Å²) >= 11 is 0. The molecule has 8 heteroatoms. The first kappa shape index (κ1) is 18.9. The van der Waals surface area contributed by atoms with Gasteiger partial charge in [0.2, 0.25) is 5.91 Å². The van der Waals surface area contributed by atoms with E-state index in [4.69, 9.17) is 0 Å². The average molecular weight is 393 g/mol. The van der Waals surface area contributed by atoms with Gasteiger partial charge in [-0.15, -0.1) is 0 Å². The first-order valence-electron chi connectivity index (χ1n) is 9.66. The molecule has 3 heterocycles. The van der Waals surface area contributed by atoms with Crippen LogP contribution < -0.4 is 5.56 Å². The molecule has 2 aromatic heterocycles. The number of amides is 1.